The Kier molecular flexibility index (Phi) is 3.80. The monoisotopic (exact) mass is 227 g/mol. The molecular weight excluding hydrogens is 206 g/mol. The highest BCUT2D eigenvalue weighted by atomic mass is 14.8. The first-order valence-electron chi connectivity index (χ1n) is 6.36. The first-order chi connectivity index (χ1) is 8.24. The molecule has 0 saturated carbocycles. The summed E-state index contributed by atoms with van der Waals surface area (Å²) in [6, 6.07) is 15.3. The molecule has 2 aromatic carbocycles. The topological polar surface area (TPSA) is 12.0 Å². The van der Waals surface area contributed by atoms with Crippen LogP contribution >= 0.6 is 0 Å². The number of nitrogens with one attached hydrogen (secondary N) is 1. The molecule has 0 saturated heterocycles. The van der Waals surface area contributed by atoms with E-state index < -0.39 is 0 Å². The molecule has 0 fully saturated rings. The lowest BCUT2D eigenvalue weighted by Crippen LogP contribution is -2.20. The normalized spacial score (nSPS) is 14.8. The molecule has 0 aliphatic heterocycles. The number of benzene rings is 2. The van der Waals surface area contributed by atoms with Gasteiger partial charge in [0, 0.05) is 0 Å². The van der Waals surface area contributed by atoms with Gasteiger partial charge in [-0.15, -0.1) is 0 Å². The fourth-order valence-electron chi connectivity index (χ4n) is 2.45. The molecule has 90 valence electrons. The largest absolute Gasteiger partial charge is 0.319 e. The molecule has 1 nitrogen and oxygen atoms in total. The van der Waals surface area contributed by atoms with Crippen molar-refractivity contribution in [1.29, 1.82) is 0 Å². The minimum atomic E-state index is 0.577. The van der Waals surface area contributed by atoms with Crippen LogP contribution in [0.4, 0.5) is 0 Å². The summed E-state index contributed by atoms with van der Waals surface area (Å²) in [5.41, 5.74) is 1.46. The van der Waals surface area contributed by atoms with Crippen LogP contribution in [0.5, 0.6) is 0 Å². The second-order valence-corrected chi connectivity index (χ2v) is 4.89. The first-order valence-corrected chi connectivity index (χ1v) is 6.36. The van der Waals surface area contributed by atoms with Crippen molar-refractivity contribution in [3.05, 3.63) is 48.0 Å². The molecule has 0 aliphatic rings. The maximum Gasteiger partial charge on any atom is -0.00204 e. The van der Waals surface area contributed by atoms with Crippen molar-refractivity contribution in [2.24, 2.45) is 5.92 Å². The zero-order chi connectivity index (χ0) is 12.3. The quantitative estimate of drug-likeness (QED) is 0.837. The number of hydrogen-bond donors (Lipinski definition) is 1. The van der Waals surface area contributed by atoms with Crippen molar-refractivity contribution in [3.63, 3.8) is 0 Å². The van der Waals surface area contributed by atoms with E-state index in [0.717, 1.165) is 6.54 Å². The van der Waals surface area contributed by atoms with Gasteiger partial charge in [0.2, 0.25) is 0 Å². The minimum absolute atomic E-state index is 0.577. The third kappa shape index (κ3) is 2.50. The van der Waals surface area contributed by atoms with Gasteiger partial charge in [0.05, 0.1) is 0 Å². The molecule has 2 aromatic rings. The third-order valence-electron chi connectivity index (χ3n) is 3.69. The molecule has 0 spiro atoms. The molecule has 0 bridgehead atoms. The van der Waals surface area contributed by atoms with Crippen LogP contribution in [-0.4, -0.2) is 13.6 Å². The van der Waals surface area contributed by atoms with Gasteiger partial charge in [-0.1, -0.05) is 56.3 Å². The molecule has 0 radical (unpaired) electrons. The standard InChI is InChI=1S/C16H21N/c1-12(11-17-3)13(2)15-10-6-8-14-7-4-5-9-16(14)15/h4-10,12-13,17H,11H2,1-3H3. The highest BCUT2D eigenvalue weighted by Gasteiger charge is 2.15. The van der Waals surface area contributed by atoms with E-state index in [4.69, 9.17) is 0 Å². The predicted octanol–water partition coefficient (Wildman–Crippen LogP) is 3.80. The van der Waals surface area contributed by atoms with Crippen LogP contribution in [0.3, 0.4) is 0 Å². The van der Waals surface area contributed by atoms with Crippen LogP contribution in [0.1, 0.15) is 25.3 Å². The highest BCUT2D eigenvalue weighted by molar-refractivity contribution is 5.86. The Labute approximate surface area is 104 Å². The second kappa shape index (κ2) is 5.33. The molecule has 2 rings (SSSR count). The fraction of sp³-hybridized carbons (Fsp3) is 0.375. The SMILES string of the molecule is CNCC(C)C(C)c1cccc2ccccc12. The average Bonchev–Trinajstić information content (AvgIpc) is 2.37. The van der Waals surface area contributed by atoms with Crippen LogP contribution in [0, 0.1) is 5.92 Å². The van der Waals surface area contributed by atoms with Gasteiger partial charge in [-0.2, -0.15) is 0 Å². The van der Waals surface area contributed by atoms with Crippen molar-refractivity contribution in [2.75, 3.05) is 13.6 Å². The fourth-order valence-corrected chi connectivity index (χ4v) is 2.45. The van der Waals surface area contributed by atoms with E-state index in [-0.39, 0.29) is 0 Å². The van der Waals surface area contributed by atoms with Crippen LogP contribution in [0.2, 0.25) is 0 Å². The summed E-state index contributed by atoms with van der Waals surface area (Å²) in [6.07, 6.45) is 0. The molecule has 17 heavy (non-hydrogen) atoms. The van der Waals surface area contributed by atoms with Crippen molar-refractivity contribution in [1.82, 2.24) is 5.32 Å². The van der Waals surface area contributed by atoms with E-state index >= 15 is 0 Å². The average molecular weight is 227 g/mol. The summed E-state index contributed by atoms with van der Waals surface area (Å²) in [5.74, 6) is 1.22. The molecule has 2 atom stereocenters. The molecule has 1 heteroatoms. The van der Waals surface area contributed by atoms with E-state index in [1.54, 1.807) is 0 Å². The van der Waals surface area contributed by atoms with Crippen molar-refractivity contribution in [2.45, 2.75) is 19.8 Å². The van der Waals surface area contributed by atoms with Crippen LogP contribution in [0.15, 0.2) is 42.5 Å². The Morgan fingerprint density at radius 3 is 2.47 bits per heavy atom. The van der Waals surface area contributed by atoms with Gasteiger partial charge < -0.3 is 5.32 Å². The van der Waals surface area contributed by atoms with Gasteiger partial charge in [0.25, 0.3) is 0 Å². The molecule has 0 aliphatic carbocycles. The lowest BCUT2D eigenvalue weighted by molar-refractivity contribution is 0.468. The summed E-state index contributed by atoms with van der Waals surface area (Å²) >= 11 is 0. The lowest BCUT2D eigenvalue weighted by atomic mass is 9.86. The summed E-state index contributed by atoms with van der Waals surface area (Å²) < 4.78 is 0. The van der Waals surface area contributed by atoms with Gasteiger partial charge in [-0.05, 0) is 41.8 Å². The first kappa shape index (κ1) is 12.1. The molecule has 1 N–H and O–H groups in total. The van der Waals surface area contributed by atoms with Gasteiger partial charge >= 0.3 is 0 Å². The molecule has 0 aromatic heterocycles. The van der Waals surface area contributed by atoms with Crippen molar-refractivity contribution in [3.8, 4) is 0 Å². The van der Waals surface area contributed by atoms with Crippen LogP contribution in [0.25, 0.3) is 10.8 Å². The third-order valence-corrected chi connectivity index (χ3v) is 3.69. The van der Waals surface area contributed by atoms with E-state index in [2.05, 4.69) is 61.6 Å². The predicted molar refractivity (Wildman–Crippen MR) is 75.5 cm³/mol. The summed E-state index contributed by atoms with van der Waals surface area (Å²) in [4.78, 5) is 0. The number of rotatable bonds is 4. The van der Waals surface area contributed by atoms with E-state index in [1.807, 2.05) is 7.05 Å². The second-order valence-electron chi connectivity index (χ2n) is 4.89. The number of fused-ring (bicyclic) bond motifs is 1. The Hall–Kier alpha value is -1.34. The van der Waals surface area contributed by atoms with E-state index in [0.29, 0.717) is 11.8 Å². The number of hydrogen-bond acceptors (Lipinski definition) is 1. The molecule has 0 amide bonds. The van der Waals surface area contributed by atoms with Crippen molar-refractivity contribution >= 4 is 10.8 Å². The van der Waals surface area contributed by atoms with Gasteiger partial charge in [-0.3, -0.25) is 0 Å². The Bertz CT molecular complexity index is 484. The zero-order valence-electron chi connectivity index (χ0n) is 10.9. The summed E-state index contributed by atoms with van der Waals surface area (Å²) in [6.45, 7) is 5.69. The van der Waals surface area contributed by atoms with Gasteiger partial charge in [0.15, 0.2) is 0 Å². The van der Waals surface area contributed by atoms with Crippen molar-refractivity contribution < 1.29 is 0 Å². The smallest absolute Gasteiger partial charge is 0.00204 e. The van der Waals surface area contributed by atoms with Gasteiger partial charge in [-0.25, -0.2) is 0 Å². The molecule has 2 unspecified atom stereocenters. The van der Waals surface area contributed by atoms with Crippen LogP contribution < -0.4 is 5.32 Å². The van der Waals surface area contributed by atoms with Crippen LogP contribution in [-0.2, 0) is 0 Å². The minimum Gasteiger partial charge on any atom is -0.319 e. The van der Waals surface area contributed by atoms with E-state index in [9.17, 15) is 0 Å². The zero-order valence-corrected chi connectivity index (χ0v) is 10.9. The lowest BCUT2D eigenvalue weighted by Gasteiger charge is -2.21. The van der Waals surface area contributed by atoms with E-state index in [1.165, 1.54) is 16.3 Å². The summed E-state index contributed by atoms with van der Waals surface area (Å²) in [7, 11) is 2.02. The Morgan fingerprint density at radius 2 is 1.71 bits per heavy atom. The molecule has 0 heterocycles. The van der Waals surface area contributed by atoms with Gasteiger partial charge in [0.1, 0.15) is 0 Å². The maximum absolute atomic E-state index is 3.27. The Balaban J connectivity index is 2.41. The molecular formula is C16H21N. The Morgan fingerprint density at radius 1 is 1.00 bits per heavy atom. The maximum atomic E-state index is 3.27. The highest BCUT2D eigenvalue weighted by Crippen LogP contribution is 2.30. The summed E-state index contributed by atoms with van der Waals surface area (Å²) in [5, 5.41) is 6.00.